The highest BCUT2D eigenvalue weighted by molar-refractivity contribution is 9.10. The molecule has 3 aromatic rings. The topological polar surface area (TPSA) is 54.3 Å². The third-order valence-corrected chi connectivity index (χ3v) is 6.51. The molecule has 0 saturated heterocycles. The SMILES string of the molecule is CCN(CC)CCN(C(=O)c1cc(C)n(C(C)C)n1)c1nc2ccc(Br)cc2s1. The smallest absolute Gasteiger partial charge is 0.280 e. The number of benzene rings is 1. The number of nitrogens with zero attached hydrogens (tertiary/aromatic N) is 5. The maximum absolute atomic E-state index is 13.5. The third kappa shape index (κ3) is 4.87. The quantitative estimate of drug-likeness (QED) is 0.450. The Morgan fingerprint density at radius 1 is 1.21 bits per heavy atom. The van der Waals surface area contributed by atoms with Gasteiger partial charge >= 0.3 is 0 Å². The van der Waals surface area contributed by atoms with Crippen molar-refractivity contribution in [1.29, 1.82) is 0 Å². The van der Waals surface area contributed by atoms with Crippen LogP contribution in [0.1, 0.15) is 49.9 Å². The number of hydrogen-bond donors (Lipinski definition) is 0. The average Bonchev–Trinajstić information content (AvgIpc) is 3.28. The molecule has 2 heterocycles. The molecule has 8 heteroatoms. The molecule has 0 bridgehead atoms. The van der Waals surface area contributed by atoms with E-state index in [-0.39, 0.29) is 11.9 Å². The Kier molecular flexibility index (Phi) is 7.08. The minimum Gasteiger partial charge on any atom is -0.302 e. The molecule has 0 radical (unpaired) electrons. The van der Waals surface area contributed by atoms with E-state index in [2.05, 4.69) is 53.6 Å². The molecule has 0 saturated carbocycles. The van der Waals surface area contributed by atoms with Crippen molar-refractivity contribution in [1.82, 2.24) is 19.7 Å². The largest absolute Gasteiger partial charge is 0.302 e. The monoisotopic (exact) mass is 477 g/mol. The van der Waals surface area contributed by atoms with E-state index in [1.54, 1.807) is 4.90 Å². The van der Waals surface area contributed by atoms with E-state index < -0.39 is 0 Å². The third-order valence-electron chi connectivity index (χ3n) is 4.98. The highest BCUT2D eigenvalue weighted by atomic mass is 79.9. The van der Waals surface area contributed by atoms with E-state index in [4.69, 9.17) is 4.98 Å². The molecule has 0 fully saturated rings. The van der Waals surface area contributed by atoms with Gasteiger partial charge in [0.2, 0.25) is 0 Å². The fraction of sp³-hybridized carbons (Fsp3) is 0.476. The standard InChI is InChI=1S/C21H28BrN5OS/c1-6-25(7-2)10-11-26(20(28)18-12-15(5)27(24-18)14(3)4)21-23-17-9-8-16(22)13-19(17)29-21/h8-9,12-14H,6-7,10-11H2,1-5H3. The summed E-state index contributed by atoms with van der Waals surface area (Å²) < 4.78 is 3.96. The van der Waals surface area contributed by atoms with Crippen LogP contribution in [0.15, 0.2) is 28.7 Å². The summed E-state index contributed by atoms with van der Waals surface area (Å²) in [5.74, 6) is -0.0993. The van der Waals surface area contributed by atoms with Gasteiger partial charge in [0.1, 0.15) is 0 Å². The van der Waals surface area contributed by atoms with Gasteiger partial charge in [-0.2, -0.15) is 5.10 Å². The summed E-state index contributed by atoms with van der Waals surface area (Å²) in [4.78, 5) is 22.3. The molecule has 6 nitrogen and oxygen atoms in total. The second-order valence-corrected chi connectivity index (χ2v) is 9.23. The number of hydrogen-bond acceptors (Lipinski definition) is 5. The first kappa shape index (κ1) is 21.9. The molecule has 0 aliphatic rings. The summed E-state index contributed by atoms with van der Waals surface area (Å²) >= 11 is 5.05. The van der Waals surface area contributed by atoms with Gasteiger partial charge in [0, 0.05) is 29.3 Å². The highest BCUT2D eigenvalue weighted by Crippen LogP contribution is 2.31. The Labute approximate surface area is 184 Å². The van der Waals surface area contributed by atoms with E-state index in [1.165, 1.54) is 11.3 Å². The minimum absolute atomic E-state index is 0.0993. The van der Waals surface area contributed by atoms with E-state index in [1.807, 2.05) is 35.9 Å². The number of carbonyl (C=O) groups is 1. The first-order valence-electron chi connectivity index (χ1n) is 10.0. The minimum atomic E-state index is -0.0993. The molecule has 156 valence electrons. The molecule has 0 aliphatic carbocycles. The van der Waals surface area contributed by atoms with Crippen molar-refractivity contribution in [3.05, 3.63) is 40.1 Å². The highest BCUT2D eigenvalue weighted by Gasteiger charge is 2.25. The molecule has 2 aromatic heterocycles. The molecule has 0 spiro atoms. The van der Waals surface area contributed by atoms with E-state index in [0.29, 0.717) is 17.4 Å². The fourth-order valence-corrected chi connectivity index (χ4v) is 4.86. The van der Waals surface area contributed by atoms with Crippen molar-refractivity contribution in [3.8, 4) is 0 Å². The summed E-state index contributed by atoms with van der Waals surface area (Å²) in [5, 5.41) is 5.29. The molecule has 0 N–H and O–H groups in total. The Morgan fingerprint density at radius 3 is 2.55 bits per heavy atom. The van der Waals surface area contributed by atoms with Crippen molar-refractivity contribution >= 4 is 48.5 Å². The first-order chi connectivity index (χ1) is 13.8. The zero-order valence-electron chi connectivity index (χ0n) is 17.6. The summed E-state index contributed by atoms with van der Waals surface area (Å²) in [5.41, 5.74) is 2.36. The van der Waals surface area contributed by atoms with E-state index in [9.17, 15) is 4.79 Å². The Morgan fingerprint density at radius 2 is 1.93 bits per heavy atom. The van der Waals surface area contributed by atoms with Crippen LogP contribution in [-0.2, 0) is 0 Å². The molecule has 3 rings (SSSR count). The number of fused-ring (bicyclic) bond motifs is 1. The predicted octanol–water partition coefficient (Wildman–Crippen LogP) is 5.13. The summed E-state index contributed by atoms with van der Waals surface area (Å²) in [6, 6.07) is 8.07. The predicted molar refractivity (Wildman–Crippen MR) is 124 cm³/mol. The van der Waals surface area contributed by atoms with Gasteiger partial charge in [-0.3, -0.25) is 14.4 Å². The van der Waals surface area contributed by atoms with Crippen molar-refractivity contribution in [2.75, 3.05) is 31.1 Å². The van der Waals surface area contributed by atoms with Gasteiger partial charge in [-0.1, -0.05) is 41.1 Å². The molecule has 29 heavy (non-hydrogen) atoms. The summed E-state index contributed by atoms with van der Waals surface area (Å²) in [6.07, 6.45) is 0. The van der Waals surface area contributed by atoms with Crippen molar-refractivity contribution in [2.45, 2.75) is 40.7 Å². The van der Waals surface area contributed by atoms with Gasteiger partial charge in [-0.15, -0.1) is 0 Å². The fourth-order valence-electron chi connectivity index (χ4n) is 3.32. The number of aromatic nitrogens is 3. The van der Waals surface area contributed by atoms with Crippen LogP contribution >= 0.6 is 27.3 Å². The maximum Gasteiger partial charge on any atom is 0.280 e. The van der Waals surface area contributed by atoms with Gasteiger partial charge in [-0.25, -0.2) is 4.98 Å². The van der Waals surface area contributed by atoms with Gasteiger partial charge in [0.15, 0.2) is 10.8 Å². The van der Waals surface area contributed by atoms with Crippen LogP contribution < -0.4 is 4.90 Å². The molecule has 0 atom stereocenters. The molecular formula is C21H28BrN5OS. The number of rotatable bonds is 8. The van der Waals surface area contributed by atoms with Crippen molar-refractivity contribution < 1.29 is 4.79 Å². The molecule has 0 unspecified atom stereocenters. The van der Waals surface area contributed by atoms with E-state index >= 15 is 0 Å². The lowest BCUT2D eigenvalue weighted by Crippen LogP contribution is -2.39. The zero-order chi connectivity index (χ0) is 21.1. The normalized spacial score (nSPS) is 11.7. The second-order valence-electron chi connectivity index (χ2n) is 7.30. The lowest BCUT2D eigenvalue weighted by molar-refractivity contribution is 0.0978. The van der Waals surface area contributed by atoms with Crippen LogP contribution in [-0.4, -0.2) is 51.8 Å². The van der Waals surface area contributed by atoms with Crippen LogP contribution in [0, 0.1) is 6.92 Å². The number of aryl methyl sites for hydroxylation is 1. The van der Waals surface area contributed by atoms with Crippen LogP contribution in [0.2, 0.25) is 0 Å². The number of likely N-dealkylation sites (N-methyl/N-ethyl adjacent to an activating group) is 1. The van der Waals surface area contributed by atoms with Crippen molar-refractivity contribution in [2.24, 2.45) is 0 Å². The van der Waals surface area contributed by atoms with E-state index in [0.717, 1.165) is 40.0 Å². The van der Waals surface area contributed by atoms with Gasteiger partial charge in [-0.05, 0) is 58.1 Å². The number of halogens is 1. The van der Waals surface area contributed by atoms with Gasteiger partial charge in [0.05, 0.1) is 10.2 Å². The Bertz CT molecular complexity index is 992. The number of anilines is 1. The lowest BCUT2D eigenvalue weighted by Gasteiger charge is -2.24. The van der Waals surface area contributed by atoms with Crippen LogP contribution in [0.5, 0.6) is 0 Å². The first-order valence-corrected chi connectivity index (χ1v) is 11.6. The number of carbonyl (C=O) groups excluding carboxylic acids is 1. The lowest BCUT2D eigenvalue weighted by atomic mass is 10.3. The van der Waals surface area contributed by atoms with Gasteiger partial charge < -0.3 is 4.90 Å². The van der Waals surface area contributed by atoms with Gasteiger partial charge in [0.25, 0.3) is 5.91 Å². The van der Waals surface area contributed by atoms with Crippen LogP contribution in [0.3, 0.4) is 0 Å². The molecule has 0 aliphatic heterocycles. The molecule has 1 aromatic carbocycles. The number of amides is 1. The summed E-state index contributed by atoms with van der Waals surface area (Å²) in [6.45, 7) is 13.7. The number of thiazole rings is 1. The maximum atomic E-state index is 13.5. The average molecular weight is 478 g/mol. The van der Waals surface area contributed by atoms with Crippen LogP contribution in [0.25, 0.3) is 10.2 Å². The second kappa shape index (κ2) is 9.36. The Balaban J connectivity index is 1.97. The Hall–Kier alpha value is -1.77. The van der Waals surface area contributed by atoms with Crippen molar-refractivity contribution in [3.63, 3.8) is 0 Å². The zero-order valence-corrected chi connectivity index (χ0v) is 20.0. The molecule has 1 amide bonds. The summed E-state index contributed by atoms with van der Waals surface area (Å²) in [7, 11) is 0. The molecular weight excluding hydrogens is 450 g/mol. The van der Waals surface area contributed by atoms with Crippen LogP contribution in [0.4, 0.5) is 5.13 Å².